The first kappa shape index (κ1) is 16.3. The van der Waals surface area contributed by atoms with Crippen molar-refractivity contribution in [2.45, 2.75) is 33.6 Å². The van der Waals surface area contributed by atoms with Crippen LogP contribution >= 0.6 is 0 Å². The van der Waals surface area contributed by atoms with Gasteiger partial charge >= 0.3 is 0 Å². The van der Waals surface area contributed by atoms with Crippen molar-refractivity contribution in [1.29, 1.82) is 0 Å². The Bertz CT molecular complexity index is 549. The lowest BCUT2D eigenvalue weighted by Gasteiger charge is -2.24. The van der Waals surface area contributed by atoms with Gasteiger partial charge in [0, 0.05) is 13.1 Å². The van der Waals surface area contributed by atoms with Crippen LogP contribution in [-0.4, -0.2) is 36.4 Å². The molecular formula is C17H24N2O3. The molecular weight excluding hydrogens is 280 g/mol. The first-order valence-corrected chi connectivity index (χ1v) is 7.91. The van der Waals surface area contributed by atoms with Crippen LogP contribution in [0.1, 0.15) is 33.6 Å². The topological polar surface area (TPSA) is 58.6 Å². The number of carbonyl (C=O) groups is 2. The Morgan fingerprint density at radius 1 is 1.18 bits per heavy atom. The third-order valence-electron chi connectivity index (χ3n) is 4.08. The molecule has 0 atom stereocenters. The predicted molar refractivity (Wildman–Crippen MR) is 85.8 cm³/mol. The normalized spacial score (nSPS) is 15.0. The molecule has 1 aromatic carbocycles. The third-order valence-corrected chi connectivity index (χ3v) is 4.08. The van der Waals surface area contributed by atoms with Gasteiger partial charge in [-0.2, -0.15) is 0 Å². The number of para-hydroxylation sites is 2. The summed E-state index contributed by atoms with van der Waals surface area (Å²) in [6.07, 6.45) is 1.23. The van der Waals surface area contributed by atoms with Crippen molar-refractivity contribution in [2.75, 3.05) is 25.0 Å². The van der Waals surface area contributed by atoms with Gasteiger partial charge in [-0.1, -0.05) is 12.1 Å². The summed E-state index contributed by atoms with van der Waals surface area (Å²) in [4.78, 5) is 26.9. The molecule has 0 heterocycles. The number of nitrogens with one attached hydrogen (secondary N) is 1. The zero-order chi connectivity index (χ0) is 16.2. The molecule has 1 fully saturated rings. The van der Waals surface area contributed by atoms with E-state index in [0.29, 0.717) is 44.0 Å². The summed E-state index contributed by atoms with van der Waals surface area (Å²) in [5.41, 5.74) is -0.265. The molecule has 0 radical (unpaired) electrons. The number of nitrogens with zero attached hydrogens (tertiary/aromatic N) is 1. The van der Waals surface area contributed by atoms with Crippen molar-refractivity contribution in [1.82, 2.24) is 4.90 Å². The molecule has 1 N–H and O–H groups in total. The molecule has 2 rings (SSSR count). The standard InChI is InChI=1S/C17H24N2O3/c1-4-19(5-2)16(21)17(11-12-17)15(20)18-13-9-7-8-10-14(13)22-6-3/h7-10H,4-6,11-12H2,1-3H3,(H,18,20). The van der Waals surface area contributed by atoms with Crippen molar-refractivity contribution >= 4 is 17.5 Å². The number of ether oxygens (including phenoxy) is 1. The molecule has 0 bridgehead atoms. The van der Waals surface area contributed by atoms with E-state index in [9.17, 15) is 9.59 Å². The highest BCUT2D eigenvalue weighted by molar-refractivity contribution is 6.13. The van der Waals surface area contributed by atoms with Gasteiger partial charge in [-0.3, -0.25) is 9.59 Å². The Hall–Kier alpha value is -2.04. The van der Waals surface area contributed by atoms with Crippen LogP contribution in [0.3, 0.4) is 0 Å². The third kappa shape index (κ3) is 3.08. The van der Waals surface area contributed by atoms with Crippen LogP contribution in [0.4, 0.5) is 5.69 Å². The van der Waals surface area contributed by atoms with Crippen LogP contribution in [0.2, 0.25) is 0 Å². The Labute approximate surface area is 131 Å². The molecule has 1 aliphatic carbocycles. The first-order chi connectivity index (χ1) is 10.6. The number of rotatable bonds is 7. The van der Waals surface area contributed by atoms with E-state index in [1.807, 2.05) is 39.0 Å². The molecule has 0 saturated heterocycles. The highest BCUT2D eigenvalue weighted by Crippen LogP contribution is 2.48. The smallest absolute Gasteiger partial charge is 0.240 e. The average molecular weight is 304 g/mol. The van der Waals surface area contributed by atoms with Gasteiger partial charge in [-0.25, -0.2) is 0 Å². The van der Waals surface area contributed by atoms with E-state index in [4.69, 9.17) is 4.74 Å². The molecule has 120 valence electrons. The number of hydrogen-bond donors (Lipinski definition) is 1. The summed E-state index contributed by atoms with van der Waals surface area (Å²) in [7, 11) is 0. The Balaban J connectivity index is 2.14. The second-order valence-corrected chi connectivity index (χ2v) is 5.44. The van der Waals surface area contributed by atoms with Gasteiger partial charge in [0.25, 0.3) is 0 Å². The van der Waals surface area contributed by atoms with Crippen LogP contribution < -0.4 is 10.1 Å². The molecule has 1 aromatic rings. The molecule has 2 amide bonds. The van der Waals surface area contributed by atoms with Crippen molar-refractivity contribution in [2.24, 2.45) is 5.41 Å². The number of benzene rings is 1. The highest BCUT2D eigenvalue weighted by Gasteiger charge is 2.57. The van der Waals surface area contributed by atoms with E-state index in [-0.39, 0.29) is 11.8 Å². The van der Waals surface area contributed by atoms with Crippen LogP contribution in [0.25, 0.3) is 0 Å². The van der Waals surface area contributed by atoms with Gasteiger partial charge in [0.1, 0.15) is 11.2 Å². The molecule has 5 nitrogen and oxygen atoms in total. The Morgan fingerprint density at radius 3 is 2.36 bits per heavy atom. The summed E-state index contributed by atoms with van der Waals surface area (Å²) in [5.74, 6) is 0.338. The summed E-state index contributed by atoms with van der Waals surface area (Å²) in [6.45, 7) is 7.53. The maximum atomic E-state index is 12.6. The van der Waals surface area contributed by atoms with Crippen LogP contribution in [-0.2, 0) is 9.59 Å². The predicted octanol–water partition coefficient (Wildman–Crippen LogP) is 2.67. The maximum Gasteiger partial charge on any atom is 0.240 e. The van der Waals surface area contributed by atoms with Crippen molar-refractivity contribution in [3.8, 4) is 5.75 Å². The van der Waals surface area contributed by atoms with E-state index in [2.05, 4.69) is 5.32 Å². The quantitative estimate of drug-likeness (QED) is 0.788. The molecule has 1 saturated carbocycles. The number of hydrogen-bond acceptors (Lipinski definition) is 3. The number of amides is 2. The zero-order valence-electron chi connectivity index (χ0n) is 13.5. The lowest BCUT2D eigenvalue weighted by atomic mass is 10.0. The van der Waals surface area contributed by atoms with E-state index >= 15 is 0 Å². The maximum absolute atomic E-state index is 12.6. The van der Waals surface area contributed by atoms with Crippen LogP contribution in [0, 0.1) is 5.41 Å². The van der Waals surface area contributed by atoms with E-state index in [1.165, 1.54) is 0 Å². The van der Waals surface area contributed by atoms with Gasteiger partial charge in [0.05, 0.1) is 12.3 Å². The summed E-state index contributed by atoms with van der Waals surface area (Å²) < 4.78 is 5.51. The molecule has 0 unspecified atom stereocenters. The minimum absolute atomic E-state index is 0.0658. The summed E-state index contributed by atoms with van der Waals surface area (Å²) >= 11 is 0. The molecule has 1 aliphatic rings. The Kier molecular flexibility index (Phi) is 5.06. The number of carbonyl (C=O) groups excluding carboxylic acids is 2. The van der Waals surface area contributed by atoms with Crippen LogP contribution in [0.15, 0.2) is 24.3 Å². The molecule has 0 aliphatic heterocycles. The fourth-order valence-electron chi connectivity index (χ4n) is 2.57. The summed E-state index contributed by atoms with van der Waals surface area (Å²) in [5, 5.41) is 2.87. The van der Waals surface area contributed by atoms with E-state index in [0.717, 1.165) is 0 Å². The van der Waals surface area contributed by atoms with Crippen molar-refractivity contribution in [3.05, 3.63) is 24.3 Å². The fourth-order valence-corrected chi connectivity index (χ4v) is 2.57. The molecule has 0 aromatic heterocycles. The fraction of sp³-hybridized carbons (Fsp3) is 0.529. The van der Waals surface area contributed by atoms with Crippen molar-refractivity contribution < 1.29 is 14.3 Å². The lowest BCUT2D eigenvalue weighted by Crippen LogP contribution is -2.42. The summed E-state index contributed by atoms with van der Waals surface area (Å²) in [6, 6.07) is 7.30. The van der Waals surface area contributed by atoms with Gasteiger partial charge in [-0.15, -0.1) is 0 Å². The second kappa shape index (κ2) is 6.81. The molecule has 22 heavy (non-hydrogen) atoms. The van der Waals surface area contributed by atoms with Gasteiger partial charge in [0.15, 0.2) is 0 Å². The van der Waals surface area contributed by atoms with Gasteiger partial charge < -0.3 is 15.0 Å². The largest absolute Gasteiger partial charge is 0.492 e. The molecule has 0 spiro atoms. The van der Waals surface area contributed by atoms with E-state index in [1.54, 1.807) is 11.0 Å². The molecule has 5 heteroatoms. The second-order valence-electron chi connectivity index (χ2n) is 5.44. The van der Waals surface area contributed by atoms with E-state index < -0.39 is 5.41 Å². The zero-order valence-corrected chi connectivity index (χ0v) is 13.5. The monoisotopic (exact) mass is 304 g/mol. The minimum atomic E-state index is -0.884. The van der Waals surface area contributed by atoms with Crippen LogP contribution in [0.5, 0.6) is 5.75 Å². The Morgan fingerprint density at radius 2 is 1.82 bits per heavy atom. The highest BCUT2D eigenvalue weighted by atomic mass is 16.5. The average Bonchev–Trinajstić information content (AvgIpc) is 3.32. The minimum Gasteiger partial charge on any atom is -0.492 e. The van der Waals surface area contributed by atoms with Crippen molar-refractivity contribution in [3.63, 3.8) is 0 Å². The number of anilines is 1. The SMILES string of the molecule is CCOc1ccccc1NC(=O)C1(C(=O)N(CC)CC)CC1. The van der Waals surface area contributed by atoms with Gasteiger partial charge in [-0.05, 0) is 45.7 Å². The first-order valence-electron chi connectivity index (χ1n) is 7.91. The lowest BCUT2D eigenvalue weighted by molar-refractivity contribution is -0.141. The van der Waals surface area contributed by atoms with Gasteiger partial charge in [0.2, 0.25) is 11.8 Å².